The van der Waals surface area contributed by atoms with Crippen LogP contribution in [0.2, 0.25) is 0 Å². The number of carbonyl (C=O) groups is 2. The SMILES string of the molecule is COc1ccccc1C(=O)N1CCN(C(=O)CN2CCc3sccc3C2c2ccccc2)CC1C. The van der Waals surface area contributed by atoms with Gasteiger partial charge < -0.3 is 14.5 Å². The van der Waals surface area contributed by atoms with Gasteiger partial charge in [-0.05, 0) is 48.1 Å². The fourth-order valence-electron chi connectivity index (χ4n) is 5.30. The monoisotopic (exact) mass is 489 g/mol. The van der Waals surface area contributed by atoms with Crippen LogP contribution in [0.5, 0.6) is 5.75 Å². The topological polar surface area (TPSA) is 53.1 Å². The molecule has 182 valence electrons. The molecule has 0 aliphatic carbocycles. The molecule has 0 saturated carbocycles. The lowest BCUT2D eigenvalue weighted by Gasteiger charge is -2.42. The number of hydrogen-bond donors (Lipinski definition) is 0. The number of benzene rings is 2. The molecule has 7 heteroatoms. The van der Waals surface area contributed by atoms with Gasteiger partial charge in [0.25, 0.3) is 5.91 Å². The van der Waals surface area contributed by atoms with Crippen LogP contribution < -0.4 is 4.74 Å². The predicted octanol–water partition coefficient (Wildman–Crippen LogP) is 4.08. The summed E-state index contributed by atoms with van der Waals surface area (Å²) in [5.74, 6) is 0.654. The Bertz CT molecular complexity index is 1190. The average Bonchev–Trinajstić information content (AvgIpc) is 3.37. The minimum absolute atomic E-state index is 0.0489. The molecule has 2 amide bonds. The van der Waals surface area contributed by atoms with Gasteiger partial charge in [0.15, 0.2) is 0 Å². The van der Waals surface area contributed by atoms with Crippen molar-refractivity contribution in [2.45, 2.75) is 25.4 Å². The summed E-state index contributed by atoms with van der Waals surface area (Å²) in [7, 11) is 1.58. The first-order chi connectivity index (χ1) is 17.1. The van der Waals surface area contributed by atoms with Crippen molar-refractivity contribution in [1.82, 2.24) is 14.7 Å². The lowest BCUT2D eigenvalue weighted by atomic mass is 9.93. The van der Waals surface area contributed by atoms with Crippen LogP contribution in [0.4, 0.5) is 0 Å². The third-order valence-electron chi connectivity index (χ3n) is 7.10. The first kappa shape index (κ1) is 23.6. The zero-order valence-electron chi connectivity index (χ0n) is 20.2. The van der Waals surface area contributed by atoms with Crippen molar-refractivity contribution >= 4 is 23.2 Å². The van der Waals surface area contributed by atoms with E-state index in [9.17, 15) is 9.59 Å². The van der Waals surface area contributed by atoms with Crippen molar-refractivity contribution in [3.8, 4) is 5.75 Å². The molecule has 1 aromatic heterocycles. The highest BCUT2D eigenvalue weighted by Gasteiger charge is 2.35. The molecule has 2 aromatic carbocycles. The Hall–Kier alpha value is -3.16. The molecule has 1 saturated heterocycles. The molecule has 1 fully saturated rings. The molecule has 35 heavy (non-hydrogen) atoms. The third-order valence-corrected chi connectivity index (χ3v) is 8.09. The quantitative estimate of drug-likeness (QED) is 0.542. The van der Waals surface area contributed by atoms with Gasteiger partial charge in [0, 0.05) is 37.1 Å². The molecular weight excluding hydrogens is 458 g/mol. The van der Waals surface area contributed by atoms with Gasteiger partial charge in [0.1, 0.15) is 5.75 Å². The highest BCUT2D eigenvalue weighted by atomic mass is 32.1. The molecule has 0 spiro atoms. The number of thiophene rings is 1. The van der Waals surface area contributed by atoms with Crippen molar-refractivity contribution < 1.29 is 14.3 Å². The summed E-state index contributed by atoms with van der Waals surface area (Å²) < 4.78 is 5.39. The van der Waals surface area contributed by atoms with E-state index in [1.165, 1.54) is 16.0 Å². The van der Waals surface area contributed by atoms with E-state index in [2.05, 4.69) is 40.6 Å². The Morgan fingerprint density at radius 2 is 1.77 bits per heavy atom. The van der Waals surface area contributed by atoms with E-state index in [1.54, 1.807) is 19.2 Å². The lowest BCUT2D eigenvalue weighted by molar-refractivity contribution is -0.135. The second kappa shape index (κ2) is 10.2. The molecule has 2 aliphatic heterocycles. The largest absolute Gasteiger partial charge is 0.496 e. The van der Waals surface area contributed by atoms with E-state index in [1.807, 2.05) is 46.3 Å². The zero-order valence-corrected chi connectivity index (χ0v) is 21.0. The molecule has 6 nitrogen and oxygen atoms in total. The number of piperazine rings is 1. The predicted molar refractivity (Wildman–Crippen MR) is 138 cm³/mol. The first-order valence-electron chi connectivity index (χ1n) is 12.1. The molecule has 2 aliphatic rings. The van der Waals surface area contributed by atoms with Crippen molar-refractivity contribution in [3.05, 3.63) is 87.6 Å². The van der Waals surface area contributed by atoms with Crippen LogP contribution in [0.3, 0.4) is 0 Å². The van der Waals surface area contributed by atoms with E-state index in [4.69, 9.17) is 4.74 Å². The summed E-state index contributed by atoms with van der Waals surface area (Å²) in [5.41, 5.74) is 3.10. The van der Waals surface area contributed by atoms with Crippen LogP contribution in [0.15, 0.2) is 66.0 Å². The van der Waals surface area contributed by atoms with E-state index >= 15 is 0 Å². The summed E-state index contributed by atoms with van der Waals surface area (Å²) in [4.78, 5) is 34.2. The molecule has 3 heterocycles. The van der Waals surface area contributed by atoms with Gasteiger partial charge in [0.05, 0.1) is 25.3 Å². The molecule has 5 rings (SSSR count). The summed E-state index contributed by atoms with van der Waals surface area (Å²) >= 11 is 1.81. The highest BCUT2D eigenvalue weighted by molar-refractivity contribution is 7.10. The number of rotatable bonds is 5. The Labute approximate surface area is 210 Å². The summed E-state index contributed by atoms with van der Waals surface area (Å²) in [6, 6.07) is 20.0. The van der Waals surface area contributed by atoms with Gasteiger partial charge in [-0.3, -0.25) is 14.5 Å². The molecule has 0 bridgehead atoms. The van der Waals surface area contributed by atoms with Gasteiger partial charge in [-0.2, -0.15) is 0 Å². The van der Waals surface area contributed by atoms with Crippen LogP contribution in [-0.4, -0.2) is 72.4 Å². The van der Waals surface area contributed by atoms with Gasteiger partial charge in [-0.25, -0.2) is 0 Å². The Kier molecular flexibility index (Phi) is 6.88. The van der Waals surface area contributed by atoms with Crippen molar-refractivity contribution in [2.75, 3.05) is 39.8 Å². The fourth-order valence-corrected chi connectivity index (χ4v) is 6.20. The Morgan fingerprint density at radius 1 is 1.00 bits per heavy atom. The van der Waals surface area contributed by atoms with E-state index in [-0.39, 0.29) is 23.9 Å². The zero-order chi connectivity index (χ0) is 24.4. The summed E-state index contributed by atoms with van der Waals surface area (Å²) in [5, 5.41) is 2.16. The van der Waals surface area contributed by atoms with Gasteiger partial charge in [-0.15, -0.1) is 11.3 Å². The maximum atomic E-state index is 13.4. The molecule has 0 radical (unpaired) electrons. The maximum Gasteiger partial charge on any atom is 0.257 e. The number of methoxy groups -OCH3 is 1. The molecule has 2 unspecified atom stereocenters. The summed E-state index contributed by atoms with van der Waals surface area (Å²) in [6.45, 7) is 4.84. The van der Waals surface area contributed by atoms with Crippen molar-refractivity contribution in [1.29, 1.82) is 0 Å². The fraction of sp³-hybridized carbons (Fsp3) is 0.357. The van der Waals surface area contributed by atoms with E-state index in [0.29, 0.717) is 37.5 Å². The number of para-hydroxylation sites is 1. The first-order valence-corrected chi connectivity index (χ1v) is 13.0. The molecular formula is C28H31N3O3S. The summed E-state index contributed by atoms with van der Waals surface area (Å²) in [6.07, 6.45) is 0.973. The normalized spacial score (nSPS) is 20.4. The molecule has 3 aromatic rings. The van der Waals surface area contributed by atoms with Gasteiger partial charge in [-0.1, -0.05) is 42.5 Å². The van der Waals surface area contributed by atoms with E-state index in [0.717, 1.165) is 13.0 Å². The van der Waals surface area contributed by atoms with Crippen LogP contribution >= 0.6 is 11.3 Å². The maximum absolute atomic E-state index is 13.4. The number of fused-ring (bicyclic) bond motifs is 1. The van der Waals surface area contributed by atoms with Crippen molar-refractivity contribution in [3.63, 3.8) is 0 Å². The Balaban J connectivity index is 1.27. The minimum atomic E-state index is -0.0696. The number of hydrogen-bond acceptors (Lipinski definition) is 5. The standard InChI is InChI=1S/C28H31N3O3S/c1-20-18-29(15-16-31(20)28(33)22-10-6-7-11-24(22)34-2)26(32)19-30-14-12-25-23(13-17-35-25)27(30)21-8-4-3-5-9-21/h3-11,13,17,20,27H,12,14-16,18-19H2,1-2H3. The van der Waals surface area contributed by atoms with Crippen molar-refractivity contribution in [2.24, 2.45) is 0 Å². The Morgan fingerprint density at radius 3 is 2.54 bits per heavy atom. The minimum Gasteiger partial charge on any atom is -0.496 e. The number of nitrogens with zero attached hydrogens (tertiary/aromatic N) is 3. The van der Waals surface area contributed by atoms with Gasteiger partial charge >= 0.3 is 0 Å². The second-order valence-electron chi connectivity index (χ2n) is 9.22. The third kappa shape index (κ3) is 4.70. The average molecular weight is 490 g/mol. The van der Waals surface area contributed by atoms with Crippen LogP contribution in [-0.2, 0) is 11.2 Å². The molecule has 0 N–H and O–H groups in total. The number of carbonyl (C=O) groups excluding carboxylic acids is 2. The van der Waals surface area contributed by atoms with Crippen LogP contribution in [0.25, 0.3) is 0 Å². The van der Waals surface area contributed by atoms with Gasteiger partial charge in [0.2, 0.25) is 5.91 Å². The number of amides is 2. The second-order valence-corrected chi connectivity index (χ2v) is 10.2. The van der Waals surface area contributed by atoms with Crippen LogP contribution in [0, 0.1) is 0 Å². The van der Waals surface area contributed by atoms with E-state index < -0.39 is 0 Å². The number of ether oxygens (including phenoxy) is 1. The lowest BCUT2D eigenvalue weighted by Crippen LogP contribution is -2.57. The molecule has 2 atom stereocenters. The smallest absolute Gasteiger partial charge is 0.257 e. The highest BCUT2D eigenvalue weighted by Crippen LogP contribution is 2.37. The van der Waals surface area contributed by atoms with Crippen LogP contribution in [0.1, 0.15) is 39.3 Å².